The molecule has 25 heavy (non-hydrogen) atoms. The first-order chi connectivity index (χ1) is 12.3. The number of carbonyl (C=O) groups is 1. The van der Waals surface area contributed by atoms with Gasteiger partial charge < -0.3 is 4.90 Å². The van der Waals surface area contributed by atoms with Crippen LogP contribution in [-0.4, -0.2) is 43.4 Å². The van der Waals surface area contributed by atoms with Crippen LogP contribution >= 0.6 is 0 Å². The molecule has 2 aromatic heterocycles. The van der Waals surface area contributed by atoms with Gasteiger partial charge in [-0.25, -0.2) is 9.97 Å². The molecule has 0 N–H and O–H groups in total. The molecule has 6 nitrogen and oxygen atoms in total. The maximum Gasteiger partial charge on any atom is 0.253 e. The summed E-state index contributed by atoms with van der Waals surface area (Å²) < 4.78 is 1.84. The van der Waals surface area contributed by atoms with Crippen LogP contribution < -0.4 is 0 Å². The minimum absolute atomic E-state index is 0.0871. The average Bonchev–Trinajstić information content (AvgIpc) is 3.23. The van der Waals surface area contributed by atoms with Gasteiger partial charge in [0.15, 0.2) is 5.82 Å². The van der Waals surface area contributed by atoms with Gasteiger partial charge in [0, 0.05) is 43.2 Å². The highest BCUT2D eigenvalue weighted by atomic mass is 16.2. The normalized spacial score (nSPS) is 17.4. The number of carbonyl (C=O) groups excluding carboxylic acids is 1. The zero-order valence-electron chi connectivity index (χ0n) is 13.8. The number of amides is 1. The van der Waals surface area contributed by atoms with Crippen molar-refractivity contribution >= 4 is 5.91 Å². The second kappa shape index (κ2) is 6.84. The quantitative estimate of drug-likeness (QED) is 0.739. The lowest BCUT2D eigenvalue weighted by molar-refractivity contribution is 0.0706. The van der Waals surface area contributed by atoms with Gasteiger partial charge in [-0.2, -0.15) is 0 Å². The molecule has 1 amide bonds. The zero-order valence-corrected chi connectivity index (χ0v) is 13.8. The molecule has 1 aliphatic rings. The molecule has 1 aromatic carbocycles. The lowest BCUT2D eigenvalue weighted by Crippen LogP contribution is -2.39. The van der Waals surface area contributed by atoms with Crippen molar-refractivity contribution in [2.75, 3.05) is 13.1 Å². The first kappa shape index (κ1) is 15.5. The van der Waals surface area contributed by atoms with Crippen LogP contribution in [0.5, 0.6) is 0 Å². The summed E-state index contributed by atoms with van der Waals surface area (Å²) in [6.07, 6.45) is 10.8. The van der Waals surface area contributed by atoms with E-state index < -0.39 is 0 Å². The van der Waals surface area contributed by atoms with Crippen molar-refractivity contribution in [2.45, 2.75) is 18.8 Å². The molecule has 0 spiro atoms. The van der Waals surface area contributed by atoms with Gasteiger partial charge in [-0.05, 0) is 25.0 Å². The number of hydrogen-bond acceptors (Lipinski definition) is 4. The number of aromatic nitrogens is 4. The Bertz CT molecular complexity index is 847. The third kappa shape index (κ3) is 3.28. The summed E-state index contributed by atoms with van der Waals surface area (Å²) >= 11 is 0. The molecule has 1 unspecified atom stereocenters. The molecule has 1 fully saturated rings. The Balaban J connectivity index is 1.54. The van der Waals surface area contributed by atoms with E-state index >= 15 is 0 Å². The lowest BCUT2D eigenvalue weighted by Gasteiger charge is -2.32. The highest BCUT2D eigenvalue weighted by molar-refractivity contribution is 5.94. The van der Waals surface area contributed by atoms with Gasteiger partial charge in [-0.3, -0.25) is 14.3 Å². The number of nitrogens with zero attached hydrogens (tertiary/aromatic N) is 5. The van der Waals surface area contributed by atoms with Crippen molar-refractivity contribution < 1.29 is 4.79 Å². The summed E-state index contributed by atoms with van der Waals surface area (Å²) in [7, 11) is 0. The molecular weight excluding hydrogens is 314 g/mol. The van der Waals surface area contributed by atoms with E-state index in [1.54, 1.807) is 18.7 Å². The van der Waals surface area contributed by atoms with Crippen LogP contribution in [0.2, 0.25) is 0 Å². The van der Waals surface area contributed by atoms with Gasteiger partial charge in [0.1, 0.15) is 6.33 Å². The van der Waals surface area contributed by atoms with E-state index in [0.29, 0.717) is 6.54 Å². The summed E-state index contributed by atoms with van der Waals surface area (Å²) in [4.78, 5) is 27.7. The van der Waals surface area contributed by atoms with Gasteiger partial charge in [0.25, 0.3) is 5.91 Å². The first-order valence-corrected chi connectivity index (χ1v) is 8.46. The minimum atomic E-state index is 0.0871. The molecule has 0 radical (unpaired) electrons. The van der Waals surface area contributed by atoms with Gasteiger partial charge in [-0.15, -0.1) is 0 Å². The molecule has 0 aliphatic carbocycles. The molecule has 1 atom stereocenters. The largest absolute Gasteiger partial charge is 0.338 e. The van der Waals surface area contributed by atoms with Crippen molar-refractivity contribution in [3.8, 4) is 5.82 Å². The molecule has 1 aliphatic heterocycles. The Hall–Kier alpha value is -3.02. The summed E-state index contributed by atoms with van der Waals surface area (Å²) in [5.41, 5.74) is 1.66. The van der Waals surface area contributed by atoms with Crippen molar-refractivity contribution in [3.05, 3.63) is 72.7 Å². The molecule has 3 aromatic rings. The summed E-state index contributed by atoms with van der Waals surface area (Å²) in [6.45, 7) is 1.47. The first-order valence-electron chi connectivity index (χ1n) is 8.46. The third-order valence-corrected chi connectivity index (χ3v) is 4.56. The highest BCUT2D eigenvalue weighted by Crippen LogP contribution is 2.26. The monoisotopic (exact) mass is 333 g/mol. The Morgan fingerprint density at radius 1 is 1.12 bits per heavy atom. The van der Waals surface area contributed by atoms with E-state index in [0.717, 1.165) is 36.5 Å². The number of piperidine rings is 1. The van der Waals surface area contributed by atoms with E-state index in [9.17, 15) is 4.79 Å². The number of hydrogen-bond donors (Lipinski definition) is 0. The molecule has 126 valence electrons. The topological polar surface area (TPSA) is 63.9 Å². The van der Waals surface area contributed by atoms with Crippen LogP contribution in [0.4, 0.5) is 0 Å². The Morgan fingerprint density at radius 3 is 2.80 bits per heavy atom. The molecule has 3 heterocycles. The SMILES string of the molecule is O=C(c1ccccc1)N1CCCC(c2cncc(-n3ccnc3)n2)C1. The number of likely N-dealkylation sites (tertiary alicyclic amines) is 1. The van der Waals surface area contributed by atoms with E-state index in [1.807, 2.05) is 52.2 Å². The molecule has 4 rings (SSSR count). The van der Waals surface area contributed by atoms with Gasteiger partial charge >= 0.3 is 0 Å². The van der Waals surface area contributed by atoms with E-state index in [-0.39, 0.29) is 11.8 Å². The fourth-order valence-corrected chi connectivity index (χ4v) is 3.25. The molecule has 1 saturated heterocycles. The number of benzene rings is 1. The van der Waals surface area contributed by atoms with E-state index in [2.05, 4.69) is 9.97 Å². The van der Waals surface area contributed by atoms with Crippen LogP contribution in [-0.2, 0) is 0 Å². The number of imidazole rings is 1. The minimum Gasteiger partial charge on any atom is -0.338 e. The predicted octanol–water partition coefficient (Wildman–Crippen LogP) is 2.68. The average molecular weight is 333 g/mol. The van der Waals surface area contributed by atoms with Gasteiger partial charge in [0.2, 0.25) is 0 Å². The Labute approximate surface area is 146 Å². The summed E-state index contributed by atoms with van der Waals surface area (Å²) in [6, 6.07) is 9.45. The highest BCUT2D eigenvalue weighted by Gasteiger charge is 2.26. The standard InChI is InChI=1S/C19H19N5O/c25-19(15-5-2-1-3-6-15)23-9-4-7-16(13-23)17-11-21-12-18(22-17)24-10-8-20-14-24/h1-3,5-6,8,10-12,14,16H,4,7,9,13H2. The Kier molecular flexibility index (Phi) is 4.24. The number of rotatable bonds is 3. The molecule has 0 saturated carbocycles. The summed E-state index contributed by atoms with van der Waals surface area (Å²) in [5.74, 6) is 1.04. The van der Waals surface area contributed by atoms with Gasteiger partial charge in [0.05, 0.1) is 11.9 Å². The maximum absolute atomic E-state index is 12.7. The van der Waals surface area contributed by atoms with Crippen LogP contribution in [0.15, 0.2) is 61.4 Å². The molecule has 6 heteroatoms. The van der Waals surface area contributed by atoms with E-state index in [4.69, 9.17) is 4.98 Å². The summed E-state index contributed by atoms with van der Waals surface area (Å²) in [5, 5.41) is 0. The predicted molar refractivity (Wildman–Crippen MR) is 93.5 cm³/mol. The van der Waals surface area contributed by atoms with Crippen molar-refractivity contribution in [1.29, 1.82) is 0 Å². The van der Waals surface area contributed by atoms with Crippen LogP contribution in [0, 0.1) is 0 Å². The van der Waals surface area contributed by atoms with Gasteiger partial charge in [-0.1, -0.05) is 18.2 Å². The van der Waals surface area contributed by atoms with Crippen molar-refractivity contribution in [2.24, 2.45) is 0 Å². The van der Waals surface area contributed by atoms with Crippen molar-refractivity contribution in [1.82, 2.24) is 24.4 Å². The maximum atomic E-state index is 12.7. The fraction of sp³-hybridized carbons (Fsp3) is 0.263. The molecule has 0 bridgehead atoms. The van der Waals surface area contributed by atoms with Crippen molar-refractivity contribution in [3.63, 3.8) is 0 Å². The van der Waals surface area contributed by atoms with Crippen LogP contribution in [0.1, 0.15) is 34.8 Å². The Morgan fingerprint density at radius 2 is 2.00 bits per heavy atom. The van der Waals surface area contributed by atoms with E-state index in [1.165, 1.54) is 0 Å². The second-order valence-electron chi connectivity index (χ2n) is 6.23. The third-order valence-electron chi connectivity index (χ3n) is 4.56. The van der Waals surface area contributed by atoms with Crippen LogP contribution in [0.25, 0.3) is 5.82 Å². The molecular formula is C19H19N5O. The fourth-order valence-electron chi connectivity index (χ4n) is 3.25. The van der Waals surface area contributed by atoms with Crippen LogP contribution in [0.3, 0.4) is 0 Å². The smallest absolute Gasteiger partial charge is 0.253 e. The lowest BCUT2D eigenvalue weighted by atomic mass is 9.94. The zero-order chi connectivity index (χ0) is 17.1. The second-order valence-corrected chi connectivity index (χ2v) is 6.23.